The van der Waals surface area contributed by atoms with Gasteiger partial charge in [0.2, 0.25) is 0 Å². The average molecular weight is 168 g/mol. The molecule has 1 saturated heterocycles. The van der Waals surface area contributed by atoms with Gasteiger partial charge >= 0.3 is 0 Å². The Morgan fingerprint density at radius 3 is 3.17 bits per heavy atom. The van der Waals surface area contributed by atoms with E-state index in [-0.39, 0.29) is 0 Å². The van der Waals surface area contributed by atoms with Crippen LogP contribution >= 0.6 is 0 Å². The second-order valence-electron chi connectivity index (χ2n) is 3.20. The van der Waals surface area contributed by atoms with Crippen LogP contribution in [-0.4, -0.2) is 37.7 Å². The molecule has 12 heavy (non-hydrogen) atoms. The molecule has 0 aliphatic carbocycles. The fourth-order valence-corrected chi connectivity index (χ4v) is 1.49. The molecule has 1 atom stereocenters. The summed E-state index contributed by atoms with van der Waals surface area (Å²) in [7, 11) is 0. The smallest absolute Gasteiger partial charge is 0.0626 e. The monoisotopic (exact) mass is 168 g/mol. The Bertz CT molecular complexity index is 164. The molecule has 0 spiro atoms. The number of likely N-dealkylation sites (N-methyl/N-ethyl adjacent to an activating group) is 1. The van der Waals surface area contributed by atoms with E-state index in [2.05, 4.69) is 17.9 Å². The Morgan fingerprint density at radius 2 is 2.50 bits per heavy atom. The lowest BCUT2D eigenvalue weighted by molar-refractivity contribution is 0.123. The first kappa shape index (κ1) is 9.50. The van der Waals surface area contributed by atoms with Crippen LogP contribution in [-0.2, 0) is 4.74 Å². The van der Waals surface area contributed by atoms with Gasteiger partial charge < -0.3 is 9.64 Å². The van der Waals surface area contributed by atoms with Gasteiger partial charge in [-0.3, -0.25) is 0 Å². The van der Waals surface area contributed by atoms with E-state index < -0.39 is 0 Å². The molecule has 1 aliphatic rings. The summed E-state index contributed by atoms with van der Waals surface area (Å²) in [6.07, 6.45) is 0.622. The third-order valence-electron chi connectivity index (χ3n) is 2.25. The largest absolute Gasteiger partial charge is 0.380 e. The lowest BCUT2D eigenvalue weighted by Gasteiger charge is -2.19. The Balaban J connectivity index is 2.37. The highest BCUT2D eigenvalue weighted by Crippen LogP contribution is 2.09. The molecule has 0 saturated carbocycles. The van der Waals surface area contributed by atoms with E-state index in [1.807, 2.05) is 0 Å². The lowest BCUT2D eigenvalue weighted by atomic mass is 10.1. The Labute approximate surface area is 73.9 Å². The van der Waals surface area contributed by atoms with Gasteiger partial charge in [-0.2, -0.15) is 5.26 Å². The van der Waals surface area contributed by atoms with Crippen molar-refractivity contribution in [3.8, 4) is 6.07 Å². The molecule has 0 N–H and O–H groups in total. The van der Waals surface area contributed by atoms with Gasteiger partial charge in [0, 0.05) is 25.4 Å². The summed E-state index contributed by atoms with van der Waals surface area (Å²) in [6, 6.07) is 2.20. The molecule has 0 aromatic rings. The molecule has 0 unspecified atom stereocenters. The summed E-state index contributed by atoms with van der Waals surface area (Å²) in [5.41, 5.74) is 0. The summed E-state index contributed by atoms with van der Waals surface area (Å²) < 4.78 is 5.40. The first-order chi connectivity index (χ1) is 5.86. The average Bonchev–Trinajstić information content (AvgIpc) is 2.30. The maximum atomic E-state index is 8.55. The molecule has 0 bridgehead atoms. The zero-order valence-corrected chi connectivity index (χ0v) is 7.62. The van der Waals surface area contributed by atoms with Crippen LogP contribution in [0.25, 0.3) is 0 Å². The minimum Gasteiger partial charge on any atom is -0.380 e. The Hall–Kier alpha value is -0.590. The zero-order chi connectivity index (χ0) is 8.81. The summed E-state index contributed by atoms with van der Waals surface area (Å²) in [4.78, 5) is 2.34. The topological polar surface area (TPSA) is 36.3 Å². The van der Waals surface area contributed by atoms with E-state index in [1.54, 1.807) is 0 Å². The van der Waals surface area contributed by atoms with E-state index in [0.717, 1.165) is 32.8 Å². The van der Waals surface area contributed by atoms with Crippen molar-refractivity contribution in [1.82, 2.24) is 4.90 Å². The van der Waals surface area contributed by atoms with Gasteiger partial charge in [0.05, 0.1) is 19.3 Å². The molecule has 0 aromatic heterocycles. The fourth-order valence-electron chi connectivity index (χ4n) is 1.49. The molecule has 1 aliphatic heterocycles. The molecule has 1 heterocycles. The van der Waals surface area contributed by atoms with Gasteiger partial charge in [0.15, 0.2) is 0 Å². The first-order valence-electron chi connectivity index (χ1n) is 4.54. The number of hydrogen-bond donors (Lipinski definition) is 0. The van der Waals surface area contributed by atoms with E-state index in [0.29, 0.717) is 12.3 Å². The highest BCUT2D eigenvalue weighted by Gasteiger charge is 2.16. The number of hydrogen-bond acceptors (Lipinski definition) is 3. The molecule has 0 radical (unpaired) electrons. The van der Waals surface area contributed by atoms with Crippen molar-refractivity contribution in [3.05, 3.63) is 0 Å². The van der Waals surface area contributed by atoms with Crippen molar-refractivity contribution >= 4 is 0 Å². The summed E-state index contributed by atoms with van der Waals surface area (Å²) >= 11 is 0. The van der Waals surface area contributed by atoms with Crippen molar-refractivity contribution in [2.75, 3.05) is 32.8 Å². The second-order valence-corrected chi connectivity index (χ2v) is 3.20. The number of nitrogens with zero attached hydrogens (tertiary/aromatic N) is 2. The van der Waals surface area contributed by atoms with Crippen molar-refractivity contribution in [3.63, 3.8) is 0 Å². The maximum absolute atomic E-state index is 8.55. The summed E-state index contributed by atoms with van der Waals surface area (Å²) in [6.45, 7) is 6.81. The second kappa shape index (κ2) is 5.13. The Morgan fingerprint density at radius 1 is 1.67 bits per heavy atom. The molecule has 0 amide bonds. The van der Waals surface area contributed by atoms with Gasteiger partial charge in [-0.25, -0.2) is 0 Å². The standard InChI is InChI=1S/C9H16N2O/c1-2-11-5-6-12-8-9(7-11)3-4-10/h9H,2-3,5-8H2,1H3/t9-/m0/s1. The van der Waals surface area contributed by atoms with Gasteiger partial charge in [-0.05, 0) is 6.54 Å². The van der Waals surface area contributed by atoms with Crippen LogP contribution in [0.2, 0.25) is 0 Å². The van der Waals surface area contributed by atoms with Crippen LogP contribution in [0.1, 0.15) is 13.3 Å². The van der Waals surface area contributed by atoms with Gasteiger partial charge in [-0.15, -0.1) is 0 Å². The highest BCUT2D eigenvalue weighted by molar-refractivity contribution is 4.79. The van der Waals surface area contributed by atoms with Crippen LogP contribution in [0.4, 0.5) is 0 Å². The van der Waals surface area contributed by atoms with Crippen molar-refractivity contribution in [1.29, 1.82) is 5.26 Å². The zero-order valence-electron chi connectivity index (χ0n) is 7.62. The molecular formula is C9H16N2O. The lowest BCUT2D eigenvalue weighted by Crippen LogP contribution is -2.29. The molecular weight excluding hydrogens is 152 g/mol. The molecule has 0 aromatic carbocycles. The van der Waals surface area contributed by atoms with Crippen LogP contribution in [0.3, 0.4) is 0 Å². The number of nitriles is 1. The predicted octanol–water partition coefficient (Wildman–Crippen LogP) is 0.868. The number of rotatable bonds is 2. The van der Waals surface area contributed by atoms with Gasteiger partial charge in [-0.1, -0.05) is 6.92 Å². The Kier molecular flexibility index (Phi) is 4.06. The van der Waals surface area contributed by atoms with Crippen molar-refractivity contribution in [2.45, 2.75) is 13.3 Å². The molecule has 3 nitrogen and oxygen atoms in total. The first-order valence-corrected chi connectivity index (χ1v) is 4.54. The highest BCUT2D eigenvalue weighted by atomic mass is 16.5. The molecule has 1 rings (SSSR count). The molecule has 3 heteroatoms. The van der Waals surface area contributed by atoms with Crippen LogP contribution < -0.4 is 0 Å². The fraction of sp³-hybridized carbons (Fsp3) is 0.889. The third-order valence-corrected chi connectivity index (χ3v) is 2.25. The van der Waals surface area contributed by atoms with Crippen LogP contribution in [0, 0.1) is 17.2 Å². The van der Waals surface area contributed by atoms with E-state index in [9.17, 15) is 0 Å². The molecule has 68 valence electrons. The third kappa shape index (κ3) is 2.80. The minimum atomic E-state index is 0.414. The quantitative estimate of drug-likeness (QED) is 0.613. The van der Waals surface area contributed by atoms with Gasteiger partial charge in [0.1, 0.15) is 0 Å². The SMILES string of the molecule is CCN1CCOC[C@@H](CC#N)C1. The predicted molar refractivity (Wildman–Crippen MR) is 46.7 cm³/mol. The summed E-state index contributed by atoms with van der Waals surface area (Å²) in [5.74, 6) is 0.414. The summed E-state index contributed by atoms with van der Waals surface area (Å²) in [5, 5.41) is 8.55. The normalized spacial score (nSPS) is 26.2. The van der Waals surface area contributed by atoms with Crippen LogP contribution in [0.5, 0.6) is 0 Å². The molecule has 1 fully saturated rings. The van der Waals surface area contributed by atoms with Crippen molar-refractivity contribution in [2.24, 2.45) is 5.92 Å². The van der Waals surface area contributed by atoms with E-state index in [4.69, 9.17) is 10.00 Å². The van der Waals surface area contributed by atoms with E-state index in [1.165, 1.54) is 0 Å². The van der Waals surface area contributed by atoms with Crippen LogP contribution in [0.15, 0.2) is 0 Å². The van der Waals surface area contributed by atoms with Crippen molar-refractivity contribution < 1.29 is 4.74 Å². The van der Waals surface area contributed by atoms with E-state index >= 15 is 0 Å². The van der Waals surface area contributed by atoms with Gasteiger partial charge in [0.25, 0.3) is 0 Å². The maximum Gasteiger partial charge on any atom is 0.0626 e. The number of ether oxygens (including phenoxy) is 1. The minimum absolute atomic E-state index is 0.414.